The van der Waals surface area contributed by atoms with Gasteiger partial charge in [-0.1, -0.05) is 0 Å². The summed E-state index contributed by atoms with van der Waals surface area (Å²) in [7, 11) is 0. The summed E-state index contributed by atoms with van der Waals surface area (Å²) < 4.78 is 1.96. The van der Waals surface area contributed by atoms with Crippen molar-refractivity contribution in [3.8, 4) is 0 Å². The Morgan fingerprint density at radius 2 is 2.36 bits per heavy atom. The van der Waals surface area contributed by atoms with E-state index in [1.54, 1.807) is 13.3 Å². The molecule has 72 valence electrons. The molecule has 3 heteroatoms. The van der Waals surface area contributed by atoms with Gasteiger partial charge >= 0.3 is 0 Å². The zero-order valence-corrected chi connectivity index (χ0v) is 8.32. The largest absolute Gasteiger partial charge is 0.306 e. The number of Topliss-reactive ketones (excluding diaryl/α,β-unsaturated/α-hetero) is 1. The Hall–Kier alpha value is -1.64. The number of carbonyl (C=O) groups excluding carboxylic acids is 1. The lowest BCUT2D eigenvalue weighted by molar-refractivity contribution is -0.116. The zero-order valence-electron chi connectivity index (χ0n) is 8.32. The molecule has 0 aromatic carbocycles. The lowest BCUT2D eigenvalue weighted by Crippen LogP contribution is -1.97. The summed E-state index contributed by atoms with van der Waals surface area (Å²) in [5.41, 5.74) is 3.12. The highest BCUT2D eigenvalue weighted by atomic mass is 16.1. The van der Waals surface area contributed by atoms with Crippen LogP contribution in [0.1, 0.15) is 18.2 Å². The van der Waals surface area contributed by atoms with E-state index >= 15 is 0 Å². The molecule has 0 fully saturated rings. The van der Waals surface area contributed by atoms with Crippen LogP contribution < -0.4 is 0 Å². The number of aromatic nitrogens is 2. The van der Waals surface area contributed by atoms with Crippen LogP contribution in [0.25, 0.3) is 5.52 Å². The number of hydrogen-bond acceptors (Lipinski definition) is 2. The molecule has 0 radical (unpaired) electrons. The molecular formula is C11H12N2O. The summed E-state index contributed by atoms with van der Waals surface area (Å²) in [5.74, 6) is 0.187. The van der Waals surface area contributed by atoms with Crippen LogP contribution in [0.3, 0.4) is 0 Å². The van der Waals surface area contributed by atoms with Crippen LogP contribution in [0.2, 0.25) is 0 Å². The van der Waals surface area contributed by atoms with E-state index in [0.29, 0.717) is 6.42 Å². The molecule has 0 saturated heterocycles. The first-order valence-electron chi connectivity index (χ1n) is 4.58. The Labute approximate surface area is 82.4 Å². The van der Waals surface area contributed by atoms with Crippen molar-refractivity contribution < 1.29 is 4.79 Å². The normalized spacial score (nSPS) is 10.7. The minimum Gasteiger partial charge on any atom is -0.306 e. The lowest BCUT2D eigenvalue weighted by Gasteiger charge is -1.99. The molecule has 2 rings (SSSR count). The van der Waals surface area contributed by atoms with Gasteiger partial charge in [-0.3, -0.25) is 4.79 Å². The Morgan fingerprint density at radius 3 is 3.07 bits per heavy atom. The van der Waals surface area contributed by atoms with E-state index in [2.05, 4.69) is 4.98 Å². The summed E-state index contributed by atoms with van der Waals surface area (Å²) in [6.45, 7) is 3.57. The van der Waals surface area contributed by atoms with Crippen molar-refractivity contribution in [2.45, 2.75) is 20.3 Å². The van der Waals surface area contributed by atoms with Crippen LogP contribution in [-0.2, 0) is 11.2 Å². The van der Waals surface area contributed by atoms with Gasteiger partial charge in [-0.25, -0.2) is 4.98 Å². The van der Waals surface area contributed by atoms with Crippen molar-refractivity contribution in [2.75, 3.05) is 0 Å². The highest BCUT2D eigenvalue weighted by molar-refractivity contribution is 5.78. The number of fused-ring (bicyclic) bond motifs is 1. The van der Waals surface area contributed by atoms with Gasteiger partial charge < -0.3 is 4.40 Å². The fourth-order valence-electron chi connectivity index (χ4n) is 1.56. The molecule has 0 saturated carbocycles. The number of nitrogens with zero attached hydrogens (tertiary/aromatic N) is 2. The van der Waals surface area contributed by atoms with Gasteiger partial charge in [0, 0.05) is 12.6 Å². The summed E-state index contributed by atoms with van der Waals surface area (Å²) in [4.78, 5) is 15.1. The number of rotatable bonds is 2. The Kier molecular flexibility index (Phi) is 2.08. The highest BCUT2D eigenvalue weighted by Crippen LogP contribution is 2.11. The predicted molar refractivity (Wildman–Crippen MR) is 54.3 cm³/mol. The van der Waals surface area contributed by atoms with Gasteiger partial charge in [0.15, 0.2) is 0 Å². The molecule has 0 unspecified atom stereocenters. The number of aryl methyl sites for hydroxylation is 1. The number of carbonyl (C=O) groups is 1. The predicted octanol–water partition coefficient (Wildman–Crippen LogP) is 1.77. The van der Waals surface area contributed by atoms with Gasteiger partial charge in [0.1, 0.15) is 5.78 Å². The van der Waals surface area contributed by atoms with Gasteiger partial charge in [0.25, 0.3) is 0 Å². The van der Waals surface area contributed by atoms with Gasteiger partial charge in [0.05, 0.1) is 17.5 Å². The number of imidazole rings is 1. The van der Waals surface area contributed by atoms with Crippen molar-refractivity contribution in [3.05, 3.63) is 35.9 Å². The van der Waals surface area contributed by atoms with Crippen LogP contribution in [0, 0.1) is 6.92 Å². The van der Waals surface area contributed by atoms with Crippen LogP contribution >= 0.6 is 0 Å². The van der Waals surface area contributed by atoms with Crippen molar-refractivity contribution in [2.24, 2.45) is 0 Å². The molecule has 0 bridgehead atoms. The lowest BCUT2D eigenvalue weighted by atomic mass is 10.1. The molecule has 14 heavy (non-hydrogen) atoms. The summed E-state index contributed by atoms with van der Waals surface area (Å²) in [5, 5.41) is 0. The Bertz CT molecular complexity index is 485. The summed E-state index contributed by atoms with van der Waals surface area (Å²) in [6, 6.07) is 3.97. The van der Waals surface area contributed by atoms with E-state index < -0.39 is 0 Å². The molecule has 0 amide bonds. The molecule has 0 N–H and O–H groups in total. The fourth-order valence-corrected chi connectivity index (χ4v) is 1.56. The topological polar surface area (TPSA) is 34.4 Å². The highest BCUT2D eigenvalue weighted by Gasteiger charge is 2.02. The van der Waals surface area contributed by atoms with E-state index in [1.807, 2.05) is 29.7 Å². The SMILES string of the molecule is CC(=O)Cc1ccn2cnc(C)c2c1. The zero-order chi connectivity index (χ0) is 10.1. The molecule has 3 nitrogen and oxygen atoms in total. The minimum atomic E-state index is 0.187. The first-order valence-corrected chi connectivity index (χ1v) is 4.58. The van der Waals surface area contributed by atoms with Crippen LogP contribution in [0.5, 0.6) is 0 Å². The second kappa shape index (κ2) is 3.25. The van der Waals surface area contributed by atoms with Crippen molar-refractivity contribution in [1.29, 1.82) is 0 Å². The Morgan fingerprint density at radius 1 is 1.57 bits per heavy atom. The fraction of sp³-hybridized carbons (Fsp3) is 0.273. The standard InChI is InChI=1S/C11H12N2O/c1-8(14)5-10-3-4-13-7-12-9(2)11(13)6-10/h3-4,6-7H,5H2,1-2H3. The molecule has 0 atom stereocenters. The average molecular weight is 188 g/mol. The van der Waals surface area contributed by atoms with Gasteiger partial charge in [0.2, 0.25) is 0 Å². The number of ketones is 1. The monoisotopic (exact) mass is 188 g/mol. The average Bonchev–Trinajstić information content (AvgIpc) is 2.47. The maximum Gasteiger partial charge on any atom is 0.134 e. The van der Waals surface area contributed by atoms with Gasteiger partial charge in [-0.2, -0.15) is 0 Å². The van der Waals surface area contributed by atoms with Gasteiger partial charge in [-0.05, 0) is 31.5 Å². The molecular weight excluding hydrogens is 176 g/mol. The van der Waals surface area contributed by atoms with Gasteiger partial charge in [-0.15, -0.1) is 0 Å². The second-order valence-electron chi connectivity index (χ2n) is 3.54. The first kappa shape index (κ1) is 8.94. The van der Waals surface area contributed by atoms with Crippen LogP contribution in [0.15, 0.2) is 24.7 Å². The third kappa shape index (κ3) is 1.53. The van der Waals surface area contributed by atoms with Crippen molar-refractivity contribution >= 4 is 11.3 Å². The van der Waals surface area contributed by atoms with Crippen LogP contribution in [0.4, 0.5) is 0 Å². The molecule has 0 aliphatic rings. The summed E-state index contributed by atoms with van der Waals surface area (Å²) >= 11 is 0. The van der Waals surface area contributed by atoms with Crippen molar-refractivity contribution in [1.82, 2.24) is 9.38 Å². The molecule has 0 aliphatic carbocycles. The molecule has 0 spiro atoms. The smallest absolute Gasteiger partial charge is 0.134 e. The first-order chi connectivity index (χ1) is 6.66. The van der Waals surface area contributed by atoms with E-state index in [-0.39, 0.29) is 5.78 Å². The number of hydrogen-bond donors (Lipinski definition) is 0. The van der Waals surface area contributed by atoms with E-state index in [1.165, 1.54) is 0 Å². The third-order valence-electron chi connectivity index (χ3n) is 2.25. The molecule has 0 aliphatic heterocycles. The quantitative estimate of drug-likeness (QED) is 0.719. The van der Waals surface area contributed by atoms with E-state index in [0.717, 1.165) is 16.8 Å². The molecule has 2 aromatic heterocycles. The maximum absolute atomic E-state index is 11.0. The van der Waals surface area contributed by atoms with Crippen molar-refractivity contribution in [3.63, 3.8) is 0 Å². The van der Waals surface area contributed by atoms with E-state index in [9.17, 15) is 4.79 Å². The minimum absolute atomic E-state index is 0.187. The van der Waals surface area contributed by atoms with E-state index in [4.69, 9.17) is 0 Å². The number of pyridine rings is 1. The third-order valence-corrected chi connectivity index (χ3v) is 2.25. The Balaban J connectivity index is 2.49. The summed E-state index contributed by atoms with van der Waals surface area (Å²) in [6.07, 6.45) is 4.22. The maximum atomic E-state index is 11.0. The molecule has 2 heterocycles. The van der Waals surface area contributed by atoms with Crippen LogP contribution in [-0.4, -0.2) is 15.2 Å². The second-order valence-corrected chi connectivity index (χ2v) is 3.54. The molecule has 2 aromatic rings.